The van der Waals surface area contributed by atoms with E-state index in [-0.39, 0.29) is 17.4 Å². The molecule has 2 unspecified atom stereocenters. The normalized spacial score (nSPS) is 35.9. The first-order valence-corrected chi connectivity index (χ1v) is 7.42. The van der Waals surface area contributed by atoms with Crippen molar-refractivity contribution < 1.29 is 4.79 Å². The summed E-state index contributed by atoms with van der Waals surface area (Å²) in [6.07, 6.45) is 8.24. The molecule has 3 aliphatic rings. The number of carbonyl (C=O) groups excluding carboxylic acids is 1. The fraction of sp³-hybridized carbons (Fsp3) is 0.867. The first kappa shape index (κ1) is 12.2. The van der Waals surface area contributed by atoms with Gasteiger partial charge in [-0.05, 0) is 30.6 Å². The summed E-state index contributed by atoms with van der Waals surface area (Å²) >= 11 is 0. The molecule has 2 saturated carbocycles. The number of nitrogens with zero attached hydrogens (tertiary/aromatic N) is 1. The van der Waals surface area contributed by atoms with Crippen molar-refractivity contribution in [3.05, 3.63) is 0 Å². The van der Waals surface area contributed by atoms with Crippen LogP contribution in [-0.2, 0) is 4.79 Å². The molecule has 3 nitrogen and oxygen atoms in total. The Balaban J connectivity index is 1.77. The van der Waals surface area contributed by atoms with Crippen LogP contribution in [0.1, 0.15) is 58.8 Å². The predicted molar refractivity (Wildman–Crippen MR) is 72.4 cm³/mol. The molecular weight excluding hydrogens is 224 g/mol. The average molecular weight is 248 g/mol. The maximum Gasteiger partial charge on any atom is 0.144 e. The molecule has 100 valence electrons. The molecular formula is C15H24N2O. The minimum Gasteiger partial charge on any atom is -0.306 e. The van der Waals surface area contributed by atoms with Gasteiger partial charge in [0.2, 0.25) is 0 Å². The second-order valence-corrected chi connectivity index (χ2v) is 7.10. The van der Waals surface area contributed by atoms with Crippen LogP contribution >= 0.6 is 0 Å². The molecule has 0 aromatic rings. The molecule has 0 bridgehead atoms. The monoisotopic (exact) mass is 248 g/mol. The Labute approximate surface area is 109 Å². The molecule has 0 aromatic heterocycles. The molecule has 1 aliphatic heterocycles. The summed E-state index contributed by atoms with van der Waals surface area (Å²) in [6.45, 7) is 4.39. The highest BCUT2D eigenvalue weighted by molar-refractivity contribution is 6.08. The van der Waals surface area contributed by atoms with Crippen molar-refractivity contribution in [1.82, 2.24) is 5.43 Å². The maximum atomic E-state index is 12.4. The lowest BCUT2D eigenvalue weighted by Gasteiger charge is -2.37. The summed E-state index contributed by atoms with van der Waals surface area (Å²) in [5.74, 6) is 1.10. The van der Waals surface area contributed by atoms with Crippen LogP contribution in [0.25, 0.3) is 0 Å². The number of fused-ring (bicyclic) bond motifs is 1. The second kappa shape index (κ2) is 4.36. The number of ketones is 1. The van der Waals surface area contributed by atoms with Crippen LogP contribution in [0, 0.1) is 17.3 Å². The highest BCUT2D eigenvalue weighted by Gasteiger charge is 2.47. The Bertz CT molecular complexity index is 380. The summed E-state index contributed by atoms with van der Waals surface area (Å²) in [5, 5.41) is 4.57. The molecule has 2 aliphatic carbocycles. The van der Waals surface area contributed by atoms with E-state index in [1.807, 2.05) is 0 Å². The highest BCUT2D eigenvalue weighted by atomic mass is 16.1. The van der Waals surface area contributed by atoms with Crippen molar-refractivity contribution >= 4 is 11.5 Å². The van der Waals surface area contributed by atoms with E-state index < -0.39 is 0 Å². The van der Waals surface area contributed by atoms with Gasteiger partial charge >= 0.3 is 0 Å². The predicted octanol–water partition coefficient (Wildman–Crippen LogP) is 2.90. The molecule has 2 atom stereocenters. The molecule has 1 heterocycles. The Hall–Kier alpha value is -0.860. The first-order valence-electron chi connectivity index (χ1n) is 7.42. The largest absolute Gasteiger partial charge is 0.306 e. The minimum absolute atomic E-state index is 0.0983. The fourth-order valence-corrected chi connectivity index (χ4v) is 4.05. The van der Waals surface area contributed by atoms with Gasteiger partial charge in [0, 0.05) is 6.42 Å². The highest BCUT2D eigenvalue weighted by Crippen LogP contribution is 2.41. The molecule has 0 radical (unpaired) electrons. The van der Waals surface area contributed by atoms with Crippen molar-refractivity contribution in [3.8, 4) is 0 Å². The van der Waals surface area contributed by atoms with Gasteiger partial charge in [-0.3, -0.25) is 4.79 Å². The number of hydrogen-bond acceptors (Lipinski definition) is 3. The standard InChI is InChI=1S/C15H24N2O/c1-15(2)8-11-13(12(18)9-15)14(17-16-11)10-6-4-3-5-7-10/h10-11,13,16H,3-9H2,1-2H3. The summed E-state index contributed by atoms with van der Waals surface area (Å²) in [4.78, 5) is 12.4. The van der Waals surface area contributed by atoms with E-state index in [0.717, 1.165) is 12.8 Å². The van der Waals surface area contributed by atoms with Gasteiger partial charge in [-0.1, -0.05) is 33.1 Å². The summed E-state index contributed by atoms with van der Waals surface area (Å²) in [5.41, 5.74) is 4.60. The van der Waals surface area contributed by atoms with E-state index in [0.29, 0.717) is 11.7 Å². The molecule has 1 N–H and O–H groups in total. The number of nitrogens with one attached hydrogen (secondary N) is 1. The van der Waals surface area contributed by atoms with Gasteiger partial charge in [-0.15, -0.1) is 0 Å². The van der Waals surface area contributed by atoms with Crippen LogP contribution in [0.3, 0.4) is 0 Å². The number of hydrogen-bond donors (Lipinski definition) is 1. The van der Waals surface area contributed by atoms with Gasteiger partial charge in [0.15, 0.2) is 0 Å². The van der Waals surface area contributed by atoms with Crippen molar-refractivity contribution in [3.63, 3.8) is 0 Å². The van der Waals surface area contributed by atoms with Crippen LogP contribution in [-0.4, -0.2) is 17.5 Å². The van der Waals surface area contributed by atoms with E-state index in [2.05, 4.69) is 24.4 Å². The molecule has 2 fully saturated rings. The third kappa shape index (κ3) is 2.08. The molecule has 0 aromatic carbocycles. The topological polar surface area (TPSA) is 41.5 Å². The first-order chi connectivity index (χ1) is 8.57. The van der Waals surface area contributed by atoms with E-state index in [1.165, 1.54) is 37.8 Å². The summed E-state index contributed by atoms with van der Waals surface area (Å²) in [7, 11) is 0. The lowest BCUT2D eigenvalue weighted by molar-refractivity contribution is -0.126. The van der Waals surface area contributed by atoms with Gasteiger partial charge in [-0.2, -0.15) is 5.10 Å². The molecule has 0 amide bonds. The second-order valence-electron chi connectivity index (χ2n) is 7.10. The Morgan fingerprint density at radius 1 is 1.22 bits per heavy atom. The van der Waals surface area contributed by atoms with Crippen LogP contribution in [0.4, 0.5) is 0 Å². The van der Waals surface area contributed by atoms with Crippen LogP contribution in [0.5, 0.6) is 0 Å². The lowest BCUT2D eigenvalue weighted by atomic mass is 9.66. The molecule has 18 heavy (non-hydrogen) atoms. The summed E-state index contributed by atoms with van der Waals surface area (Å²) in [6, 6.07) is 0.276. The van der Waals surface area contributed by atoms with Gasteiger partial charge in [0.1, 0.15) is 5.78 Å². The summed E-state index contributed by atoms with van der Waals surface area (Å²) < 4.78 is 0. The maximum absolute atomic E-state index is 12.4. The van der Waals surface area contributed by atoms with Gasteiger partial charge in [0.25, 0.3) is 0 Å². The number of Topliss-reactive ketones (excluding diaryl/α,β-unsaturated/α-hetero) is 1. The van der Waals surface area contributed by atoms with E-state index in [9.17, 15) is 4.79 Å². The van der Waals surface area contributed by atoms with Crippen LogP contribution in [0.2, 0.25) is 0 Å². The van der Waals surface area contributed by atoms with E-state index >= 15 is 0 Å². The van der Waals surface area contributed by atoms with Crippen molar-refractivity contribution in [2.45, 2.75) is 64.8 Å². The van der Waals surface area contributed by atoms with E-state index in [4.69, 9.17) is 0 Å². The Kier molecular flexibility index (Phi) is 2.95. The average Bonchev–Trinajstić information content (AvgIpc) is 2.72. The van der Waals surface area contributed by atoms with Gasteiger partial charge < -0.3 is 5.43 Å². The Morgan fingerprint density at radius 2 is 1.94 bits per heavy atom. The van der Waals surface area contributed by atoms with Gasteiger partial charge in [-0.25, -0.2) is 0 Å². The quantitative estimate of drug-likeness (QED) is 0.775. The zero-order valence-corrected chi connectivity index (χ0v) is 11.5. The molecule has 3 rings (SSSR count). The van der Waals surface area contributed by atoms with Crippen molar-refractivity contribution in [1.29, 1.82) is 0 Å². The molecule has 0 saturated heterocycles. The fourth-order valence-electron chi connectivity index (χ4n) is 4.05. The van der Waals surface area contributed by atoms with Crippen LogP contribution < -0.4 is 5.43 Å². The third-order valence-corrected chi connectivity index (χ3v) is 4.88. The number of carbonyl (C=O) groups is 1. The Morgan fingerprint density at radius 3 is 2.67 bits per heavy atom. The SMILES string of the molecule is CC1(C)CC(=O)C2C(C3CCCCC3)=NNC2C1. The third-order valence-electron chi connectivity index (χ3n) is 4.88. The van der Waals surface area contributed by atoms with Gasteiger partial charge in [0.05, 0.1) is 17.7 Å². The van der Waals surface area contributed by atoms with Crippen LogP contribution in [0.15, 0.2) is 5.10 Å². The molecule has 0 spiro atoms. The van der Waals surface area contributed by atoms with Crippen molar-refractivity contribution in [2.75, 3.05) is 0 Å². The van der Waals surface area contributed by atoms with Crippen molar-refractivity contribution in [2.24, 2.45) is 22.4 Å². The van der Waals surface area contributed by atoms with E-state index in [1.54, 1.807) is 0 Å². The number of hydrazone groups is 1. The smallest absolute Gasteiger partial charge is 0.144 e. The minimum atomic E-state index is 0.0983. The zero-order valence-electron chi connectivity index (χ0n) is 11.5. The number of rotatable bonds is 1. The lowest BCUT2D eigenvalue weighted by Crippen LogP contribution is -2.46. The molecule has 3 heteroatoms. The zero-order chi connectivity index (χ0) is 12.8.